The molecule has 0 spiro atoms. The summed E-state index contributed by atoms with van der Waals surface area (Å²) in [5.74, 6) is -1.04. The third-order valence-electron chi connectivity index (χ3n) is 5.31. The molecule has 1 amide bonds. The number of unbranched alkanes of at least 4 members (excludes halogenated alkanes) is 11. The van der Waals surface area contributed by atoms with E-state index in [9.17, 15) is 28.7 Å². The number of hydrogen-bond donors (Lipinski definition) is 1. The molecule has 0 aromatic rings. The third kappa shape index (κ3) is 32.6. The van der Waals surface area contributed by atoms with Crippen LogP contribution in [0.15, 0.2) is 0 Å². The summed E-state index contributed by atoms with van der Waals surface area (Å²) in [5.41, 5.74) is 0. The van der Waals surface area contributed by atoms with Gasteiger partial charge in [0.15, 0.2) is 6.10 Å². The zero-order valence-electron chi connectivity index (χ0n) is 23.4. The van der Waals surface area contributed by atoms with E-state index in [2.05, 4.69) is 16.8 Å². The van der Waals surface area contributed by atoms with Crippen molar-refractivity contribution in [3.63, 3.8) is 0 Å². The Balaban J connectivity index is -0.00000578. The maximum Gasteiger partial charge on any atom is 1.00 e. The van der Waals surface area contributed by atoms with Gasteiger partial charge in [-0.1, -0.05) is 71.1 Å². The number of carbonyl (C=O) groups excluding carboxylic acids is 3. The molecule has 206 valence electrons. The normalized spacial score (nSPS) is 11.6. The Labute approximate surface area is 266 Å². The minimum Gasteiger partial charge on any atom is -0.790 e. The van der Waals surface area contributed by atoms with E-state index >= 15 is 0 Å². The Morgan fingerprint density at radius 1 is 0.757 bits per heavy atom. The molecule has 10 nitrogen and oxygen atoms in total. The molecule has 0 aromatic heterocycles. The summed E-state index contributed by atoms with van der Waals surface area (Å²) in [6.07, 6.45) is 11.8. The maximum absolute atomic E-state index is 12.0. The molecule has 0 aliphatic carbocycles. The minimum atomic E-state index is -5.24. The Kier molecular flexibility index (Phi) is 31.9. The molecule has 0 aliphatic heterocycles. The summed E-state index contributed by atoms with van der Waals surface area (Å²) in [5, 5.41) is 2.76. The summed E-state index contributed by atoms with van der Waals surface area (Å²) >= 11 is 0. The van der Waals surface area contributed by atoms with E-state index in [0.29, 0.717) is 19.4 Å². The molecule has 1 N–H and O–H groups in total. The molecule has 1 atom stereocenters. The van der Waals surface area contributed by atoms with E-state index in [-0.39, 0.29) is 84.5 Å². The second-order valence-corrected chi connectivity index (χ2v) is 9.92. The number of carbonyl (C=O) groups is 3. The molecule has 13 heteroatoms. The van der Waals surface area contributed by atoms with E-state index in [0.717, 1.165) is 70.6 Å². The van der Waals surface area contributed by atoms with Crippen LogP contribution in [-0.2, 0) is 32.9 Å². The molecule has 0 rings (SSSR count). The fraction of sp³-hybridized carbons (Fsp3) is 0.875. The van der Waals surface area contributed by atoms with Crippen LogP contribution in [0.25, 0.3) is 0 Å². The van der Waals surface area contributed by atoms with Gasteiger partial charge in [-0.25, -0.2) is 0 Å². The van der Waals surface area contributed by atoms with Crippen LogP contribution in [0.2, 0.25) is 0 Å². The molecular formula is C24H44NNa2O9P. The van der Waals surface area contributed by atoms with E-state index in [1.54, 1.807) is 0 Å². The van der Waals surface area contributed by atoms with Crippen LogP contribution in [0.1, 0.15) is 110 Å². The van der Waals surface area contributed by atoms with Gasteiger partial charge < -0.3 is 33.7 Å². The van der Waals surface area contributed by atoms with Crippen molar-refractivity contribution in [1.82, 2.24) is 5.32 Å². The number of hydrogen-bond acceptors (Lipinski definition) is 9. The van der Waals surface area contributed by atoms with Gasteiger partial charge in [-0.3, -0.25) is 14.4 Å². The van der Waals surface area contributed by atoms with Gasteiger partial charge in [0.25, 0.3) is 0 Å². The summed E-state index contributed by atoms with van der Waals surface area (Å²) in [6.45, 7) is 3.27. The van der Waals surface area contributed by atoms with Crippen molar-refractivity contribution in [2.75, 3.05) is 19.8 Å². The Morgan fingerprint density at radius 3 is 1.76 bits per heavy atom. The molecule has 0 bridgehead atoms. The number of phosphoric acid groups is 1. The van der Waals surface area contributed by atoms with Crippen molar-refractivity contribution >= 4 is 25.7 Å². The Hall–Kier alpha value is 0.520. The second-order valence-electron chi connectivity index (χ2n) is 8.76. The van der Waals surface area contributed by atoms with Crippen molar-refractivity contribution in [3.05, 3.63) is 0 Å². The van der Waals surface area contributed by atoms with Gasteiger partial charge >= 0.3 is 71.1 Å². The summed E-state index contributed by atoms with van der Waals surface area (Å²) < 4.78 is 25.3. The summed E-state index contributed by atoms with van der Waals surface area (Å²) in [6, 6.07) is 0. The fourth-order valence-corrected chi connectivity index (χ4v) is 3.73. The van der Waals surface area contributed by atoms with Crippen LogP contribution in [0.4, 0.5) is 0 Å². The van der Waals surface area contributed by atoms with Gasteiger partial charge in [-0.05, 0) is 19.3 Å². The van der Waals surface area contributed by atoms with E-state index in [1.165, 1.54) is 6.92 Å². The summed E-state index contributed by atoms with van der Waals surface area (Å²) in [7, 11) is -5.24. The average molecular weight is 568 g/mol. The number of esters is 2. The molecule has 0 radical (unpaired) electrons. The number of ether oxygens (including phenoxy) is 2. The van der Waals surface area contributed by atoms with Crippen LogP contribution in [0.5, 0.6) is 0 Å². The number of amides is 1. The molecule has 0 saturated heterocycles. The topological polar surface area (TPSA) is 154 Å². The zero-order valence-corrected chi connectivity index (χ0v) is 28.3. The number of phosphoric ester groups is 1. The Morgan fingerprint density at radius 2 is 1.24 bits per heavy atom. The minimum absolute atomic E-state index is 0. The van der Waals surface area contributed by atoms with E-state index < -0.39 is 32.5 Å². The maximum atomic E-state index is 12.0. The molecule has 0 aromatic carbocycles. The fourth-order valence-electron chi connectivity index (χ4n) is 3.39. The first-order chi connectivity index (χ1) is 16.6. The van der Waals surface area contributed by atoms with Crippen LogP contribution in [0.3, 0.4) is 0 Å². The van der Waals surface area contributed by atoms with Gasteiger partial charge in [0.1, 0.15) is 6.61 Å². The predicted molar refractivity (Wildman–Crippen MR) is 128 cm³/mol. The van der Waals surface area contributed by atoms with Gasteiger partial charge in [-0.2, -0.15) is 0 Å². The SMILES string of the molecule is CCCCCCCCC(=O)O[C@H](COC(=O)CCCCCCCCCNC(C)=O)COP(=O)([O-])[O-].[Na+].[Na+]. The zero-order chi connectivity index (χ0) is 26.4. The number of rotatable bonds is 23. The van der Waals surface area contributed by atoms with Gasteiger partial charge in [0.2, 0.25) is 5.91 Å². The van der Waals surface area contributed by atoms with Crippen LogP contribution in [-0.4, -0.2) is 43.7 Å². The third-order valence-corrected chi connectivity index (χ3v) is 5.78. The molecule has 0 saturated carbocycles. The monoisotopic (exact) mass is 567 g/mol. The van der Waals surface area contributed by atoms with E-state index in [1.807, 2.05) is 0 Å². The van der Waals surface area contributed by atoms with Crippen molar-refractivity contribution < 1.29 is 102 Å². The predicted octanol–water partition coefficient (Wildman–Crippen LogP) is -2.70. The number of nitrogens with one attached hydrogen (secondary N) is 1. The smallest absolute Gasteiger partial charge is 0.790 e. The van der Waals surface area contributed by atoms with Crippen molar-refractivity contribution in [1.29, 1.82) is 0 Å². The molecule has 0 aliphatic rings. The first-order valence-corrected chi connectivity index (χ1v) is 14.4. The molecule has 0 fully saturated rings. The van der Waals surface area contributed by atoms with Gasteiger partial charge in [0, 0.05) is 26.3 Å². The average Bonchev–Trinajstić information content (AvgIpc) is 2.78. The van der Waals surface area contributed by atoms with Crippen molar-refractivity contribution in [2.24, 2.45) is 0 Å². The second kappa shape index (κ2) is 28.1. The van der Waals surface area contributed by atoms with Crippen LogP contribution in [0, 0.1) is 0 Å². The standard InChI is InChI=1S/C24H46NO9P.2Na/c1-3-4-5-6-10-14-17-24(28)34-22(20-33-35(29,30)31)19-32-23(27)16-13-11-8-7-9-12-15-18-25-21(2)26;;/h22H,3-20H2,1-2H3,(H,25,26)(H2,29,30,31);;/q;2*+1/p-2/t22-;;/m1../s1. The van der Waals surface area contributed by atoms with Crippen LogP contribution < -0.4 is 74.2 Å². The first kappa shape index (κ1) is 42.0. The molecule has 0 heterocycles. The summed E-state index contributed by atoms with van der Waals surface area (Å²) in [4.78, 5) is 56.3. The molecule has 0 unspecified atom stereocenters. The van der Waals surface area contributed by atoms with Gasteiger partial charge in [-0.15, -0.1) is 0 Å². The first-order valence-electron chi connectivity index (χ1n) is 12.9. The van der Waals surface area contributed by atoms with Crippen molar-refractivity contribution in [3.8, 4) is 0 Å². The largest absolute Gasteiger partial charge is 1.00 e. The van der Waals surface area contributed by atoms with Gasteiger partial charge in [0.05, 0.1) is 14.4 Å². The molecule has 37 heavy (non-hydrogen) atoms. The van der Waals surface area contributed by atoms with Crippen LogP contribution >= 0.6 is 7.82 Å². The quantitative estimate of drug-likeness (QED) is 0.0601. The Bertz CT molecular complexity index is 635. The molecular weight excluding hydrogens is 523 g/mol. The van der Waals surface area contributed by atoms with E-state index in [4.69, 9.17) is 9.47 Å². The van der Waals surface area contributed by atoms with Crippen molar-refractivity contribution in [2.45, 2.75) is 116 Å².